The predicted octanol–water partition coefficient (Wildman–Crippen LogP) is 5.09. The molecule has 3 rings (SSSR count). The highest BCUT2D eigenvalue weighted by molar-refractivity contribution is 5.92. The van der Waals surface area contributed by atoms with E-state index in [1.807, 2.05) is 13.8 Å². The Morgan fingerprint density at radius 1 is 0.882 bits per heavy atom. The standard InChI is InChI=1S/C25H26N2O7/c1-4-32-23-12-8-18(14-24(23)33-5-2)26-25(28)16-34-22-13-9-19(27(29)30)15-21(22)17-6-10-20(31-3)11-7-17/h6-15H,4-5,16H2,1-3H3,(H,26,28). The van der Waals surface area contributed by atoms with Crippen LogP contribution in [0.4, 0.5) is 11.4 Å². The molecule has 0 aliphatic carbocycles. The summed E-state index contributed by atoms with van der Waals surface area (Å²) in [5.74, 6) is 1.71. The lowest BCUT2D eigenvalue weighted by atomic mass is 10.0. The maximum atomic E-state index is 12.5. The topological polar surface area (TPSA) is 109 Å². The van der Waals surface area contributed by atoms with Crippen LogP contribution in [-0.2, 0) is 4.79 Å². The Morgan fingerprint density at radius 2 is 1.56 bits per heavy atom. The molecule has 0 fully saturated rings. The van der Waals surface area contributed by atoms with Crippen LogP contribution in [-0.4, -0.2) is 37.8 Å². The molecular weight excluding hydrogens is 440 g/mol. The minimum absolute atomic E-state index is 0.0829. The van der Waals surface area contributed by atoms with Crippen LogP contribution in [0.3, 0.4) is 0 Å². The van der Waals surface area contributed by atoms with E-state index in [0.717, 1.165) is 0 Å². The summed E-state index contributed by atoms with van der Waals surface area (Å²) in [5, 5.41) is 14.0. The Labute approximate surface area is 197 Å². The van der Waals surface area contributed by atoms with Gasteiger partial charge in [-0.3, -0.25) is 14.9 Å². The number of nitrogens with one attached hydrogen (secondary N) is 1. The Kier molecular flexibility index (Phi) is 8.28. The van der Waals surface area contributed by atoms with Gasteiger partial charge in [0.15, 0.2) is 18.1 Å². The minimum atomic E-state index is -0.481. The molecule has 9 nitrogen and oxygen atoms in total. The lowest BCUT2D eigenvalue weighted by Gasteiger charge is -2.14. The summed E-state index contributed by atoms with van der Waals surface area (Å²) in [4.78, 5) is 23.3. The molecule has 0 radical (unpaired) electrons. The Hall–Kier alpha value is -4.27. The van der Waals surface area contributed by atoms with Crippen LogP contribution in [0, 0.1) is 10.1 Å². The number of hydrogen-bond acceptors (Lipinski definition) is 7. The normalized spacial score (nSPS) is 10.3. The molecule has 0 bridgehead atoms. The summed E-state index contributed by atoms with van der Waals surface area (Å²) < 4.78 is 22.0. The van der Waals surface area contributed by atoms with Gasteiger partial charge < -0.3 is 24.3 Å². The van der Waals surface area contributed by atoms with Crippen LogP contribution < -0.4 is 24.3 Å². The van der Waals surface area contributed by atoms with E-state index in [4.69, 9.17) is 18.9 Å². The molecule has 0 aliphatic heterocycles. The van der Waals surface area contributed by atoms with E-state index in [0.29, 0.717) is 53.0 Å². The first-order valence-electron chi connectivity index (χ1n) is 10.7. The van der Waals surface area contributed by atoms with Crippen molar-refractivity contribution in [3.8, 4) is 34.1 Å². The van der Waals surface area contributed by atoms with Crippen molar-refractivity contribution in [2.24, 2.45) is 0 Å². The van der Waals surface area contributed by atoms with Crippen molar-refractivity contribution in [1.29, 1.82) is 0 Å². The number of amides is 1. The molecular formula is C25H26N2O7. The quantitative estimate of drug-likeness (QED) is 0.310. The van der Waals surface area contributed by atoms with Gasteiger partial charge in [-0.15, -0.1) is 0 Å². The zero-order valence-electron chi connectivity index (χ0n) is 19.2. The third kappa shape index (κ3) is 6.16. The number of carbonyl (C=O) groups is 1. The molecule has 178 valence electrons. The largest absolute Gasteiger partial charge is 0.497 e. The molecule has 0 aromatic heterocycles. The molecule has 1 N–H and O–H groups in total. The Bertz CT molecular complexity index is 1150. The summed E-state index contributed by atoms with van der Waals surface area (Å²) in [7, 11) is 1.55. The third-order valence-electron chi connectivity index (χ3n) is 4.76. The minimum Gasteiger partial charge on any atom is -0.497 e. The average Bonchev–Trinajstić information content (AvgIpc) is 2.84. The summed E-state index contributed by atoms with van der Waals surface area (Å²) in [6, 6.07) is 16.4. The molecule has 9 heteroatoms. The molecule has 0 heterocycles. The summed E-state index contributed by atoms with van der Waals surface area (Å²) in [6.45, 7) is 4.39. The van der Waals surface area contributed by atoms with E-state index in [2.05, 4.69) is 5.32 Å². The van der Waals surface area contributed by atoms with Gasteiger partial charge in [0.1, 0.15) is 11.5 Å². The predicted molar refractivity (Wildman–Crippen MR) is 128 cm³/mol. The first-order chi connectivity index (χ1) is 16.4. The molecule has 0 saturated heterocycles. The number of rotatable bonds is 11. The average molecular weight is 466 g/mol. The fraction of sp³-hybridized carbons (Fsp3) is 0.240. The Morgan fingerprint density at radius 3 is 2.21 bits per heavy atom. The third-order valence-corrected chi connectivity index (χ3v) is 4.76. The molecule has 3 aromatic rings. The zero-order valence-corrected chi connectivity index (χ0v) is 19.2. The van der Waals surface area contributed by atoms with Gasteiger partial charge in [-0.25, -0.2) is 0 Å². The zero-order chi connectivity index (χ0) is 24.5. The van der Waals surface area contributed by atoms with E-state index in [1.54, 1.807) is 49.6 Å². The van der Waals surface area contributed by atoms with Gasteiger partial charge in [0, 0.05) is 29.4 Å². The smallest absolute Gasteiger partial charge is 0.270 e. The molecule has 0 unspecified atom stereocenters. The van der Waals surface area contributed by atoms with Crippen molar-refractivity contribution < 1.29 is 28.7 Å². The van der Waals surface area contributed by atoms with Gasteiger partial charge in [0.2, 0.25) is 0 Å². The maximum Gasteiger partial charge on any atom is 0.270 e. The maximum absolute atomic E-state index is 12.5. The highest BCUT2D eigenvalue weighted by Crippen LogP contribution is 2.35. The van der Waals surface area contributed by atoms with E-state index >= 15 is 0 Å². The van der Waals surface area contributed by atoms with Gasteiger partial charge in [-0.2, -0.15) is 0 Å². The highest BCUT2D eigenvalue weighted by Gasteiger charge is 2.15. The lowest BCUT2D eigenvalue weighted by molar-refractivity contribution is -0.384. The second-order valence-corrected chi connectivity index (χ2v) is 7.03. The number of non-ortho nitro benzene ring substituents is 1. The number of methoxy groups -OCH3 is 1. The highest BCUT2D eigenvalue weighted by atomic mass is 16.6. The summed E-state index contributed by atoms with van der Waals surface area (Å²) >= 11 is 0. The van der Waals surface area contributed by atoms with Gasteiger partial charge in [-0.1, -0.05) is 12.1 Å². The van der Waals surface area contributed by atoms with Crippen LogP contribution in [0.5, 0.6) is 23.0 Å². The fourth-order valence-electron chi connectivity index (χ4n) is 3.22. The number of nitro benzene ring substituents is 1. The van der Waals surface area contributed by atoms with Gasteiger partial charge in [-0.05, 0) is 49.7 Å². The molecule has 1 amide bonds. The van der Waals surface area contributed by atoms with Gasteiger partial charge in [0.05, 0.1) is 25.2 Å². The fourth-order valence-corrected chi connectivity index (χ4v) is 3.22. The number of benzene rings is 3. The monoisotopic (exact) mass is 466 g/mol. The molecule has 3 aromatic carbocycles. The van der Waals surface area contributed by atoms with E-state index < -0.39 is 10.8 Å². The second kappa shape index (κ2) is 11.6. The van der Waals surface area contributed by atoms with Crippen molar-refractivity contribution in [3.05, 3.63) is 70.8 Å². The van der Waals surface area contributed by atoms with Crippen molar-refractivity contribution in [1.82, 2.24) is 0 Å². The first-order valence-corrected chi connectivity index (χ1v) is 10.7. The number of nitrogens with zero attached hydrogens (tertiary/aromatic N) is 1. The van der Waals surface area contributed by atoms with Crippen LogP contribution in [0.2, 0.25) is 0 Å². The van der Waals surface area contributed by atoms with Crippen molar-refractivity contribution >= 4 is 17.3 Å². The van der Waals surface area contributed by atoms with E-state index in [9.17, 15) is 14.9 Å². The van der Waals surface area contributed by atoms with Gasteiger partial charge in [0.25, 0.3) is 11.6 Å². The van der Waals surface area contributed by atoms with Crippen LogP contribution >= 0.6 is 0 Å². The molecule has 0 saturated carbocycles. The van der Waals surface area contributed by atoms with E-state index in [-0.39, 0.29) is 12.3 Å². The number of ether oxygens (including phenoxy) is 4. The van der Waals surface area contributed by atoms with E-state index in [1.165, 1.54) is 18.2 Å². The van der Waals surface area contributed by atoms with Crippen LogP contribution in [0.1, 0.15) is 13.8 Å². The number of nitro groups is 1. The second-order valence-electron chi connectivity index (χ2n) is 7.03. The van der Waals surface area contributed by atoms with Crippen molar-refractivity contribution in [3.63, 3.8) is 0 Å². The van der Waals surface area contributed by atoms with Crippen molar-refractivity contribution in [2.75, 3.05) is 32.2 Å². The van der Waals surface area contributed by atoms with Crippen LogP contribution in [0.25, 0.3) is 11.1 Å². The Balaban J connectivity index is 1.76. The lowest BCUT2D eigenvalue weighted by Crippen LogP contribution is -2.20. The first kappa shape index (κ1) is 24.4. The van der Waals surface area contributed by atoms with Crippen molar-refractivity contribution in [2.45, 2.75) is 13.8 Å². The van der Waals surface area contributed by atoms with Gasteiger partial charge >= 0.3 is 0 Å². The number of anilines is 1. The van der Waals surface area contributed by atoms with Crippen LogP contribution in [0.15, 0.2) is 60.7 Å². The number of carbonyl (C=O) groups excluding carboxylic acids is 1. The molecule has 0 aliphatic rings. The molecule has 0 spiro atoms. The SMILES string of the molecule is CCOc1ccc(NC(=O)COc2ccc([N+](=O)[O-])cc2-c2ccc(OC)cc2)cc1OCC. The summed E-state index contributed by atoms with van der Waals surface area (Å²) in [6.07, 6.45) is 0. The molecule has 0 atom stereocenters. The number of hydrogen-bond donors (Lipinski definition) is 1. The summed E-state index contributed by atoms with van der Waals surface area (Å²) in [5.41, 5.74) is 1.62. The molecule has 34 heavy (non-hydrogen) atoms.